The molecule has 1 unspecified atom stereocenters. The smallest absolute Gasteiger partial charge is 0.0553 e. The first-order chi connectivity index (χ1) is 7.34. The lowest BCUT2D eigenvalue weighted by Crippen LogP contribution is -2.24. The predicted octanol–water partition coefficient (Wildman–Crippen LogP) is 2.03. The van der Waals surface area contributed by atoms with Crippen LogP contribution in [0.4, 0.5) is 0 Å². The Morgan fingerprint density at radius 2 is 1.93 bits per heavy atom. The third-order valence-electron chi connectivity index (χ3n) is 3.04. The molecule has 2 nitrogen and oxygen atoms in total. The molecule has 1 atom stereocenters. The van der Waals surface area contributed by atoms with Crippen molar-refractivity contribution in [1.29, 1.82) is 0 Å². The summed E-state index contributed by atoms with van der Waals surface area (Å²) in [7, 11) is 0. The number of rotatable bonds is 2. The monoisotopic (exact) mass is 205 g/mol. The van der Waals surface area contributed by atoms with E-state index in [0.29, 0.717) is 0 Å². The molecular formula is C13H19NO. The van der Waals surface area contributed by atoms with Crippen molar-refractivity contribution >= 4 is 0 Å². The quantitative estimate of drug-likeness (QED) is 0.798. The van der Waals surface area contributed by atoms with Crippen LogP contribution in [-0.2, 0) is 6.54 Å². The van der Waals surface area contributed by atoms with Gasteiger partial charge in [0, 0.05) is 13.1 Å². The van der Waals surface area contributed by atoms with Gasteiger partial charge >= 0.3 is 0 Å². The van der Waals surface area contributed by atoms with Crippen molar-refractivity contribution < 1.29 is 5.11 Å². The number of aliphatic hydroxyl groups is 1. The number of benzene rings is 1. The molecule has 0 radical (unpaired) electrons. The van der Waals surface area contributed by atoms with Crippen LogP contribution in [0.5, 0.6) is 0 Å². The van der Waals surface area contributed by atoms with E-state index in [0.717, 1.165) is 38.9 Å². The van der Waals surface area contributed by atoms with E-state index in [4.69, 9.17) is 0 Å². The molecule has 1 saturated heterocycles. The van der Waals surface area contributed by atoms with Gasteiger partial charge in [0.2, 0.25) is 0 Å². The highest BCUT2D eigenvalue weighted by Gasteiger charge is 2.14. The normalized spacial score (nSPS) is 23.7. The Labute approximate surface area is 91.5 Å². The van der Waals surface area contributed by atoms with Crippen molar-refractivity contribution in [2.75, 3.05) is 13.1 Å². The Morgan fingerprint density at radius 3 is 2.73 bits per heavy atom. The van der Waals surface area contributed by atoms with E-state index in [1.165, 1.54) is 5.56 Å². The number of hydrogen-bond acceptors (Lipinski definition) is 2. The van der Waals surface area contributed by atoms with Crippen molar-refractivity contribution in [3.63, 3.8) is 0 Å². The molecule has 0 aromatic heterocycles. The number of nitrogens with zero attached hydrogens (tertiary/aromatic N) is 1. The Hall–Kier alpha value is -0.860. The van der Waals surface area contributed by atoms with Crippen LogP contribution in [0.15, 0.2) is 30.3 Å². The van der Waals surface area contributed by atoms with E-state index in [-0.39, 0.29) is 6.10 Å². The second kappa shape index (κ2) is 5.29. The lowest BCUT2D eigenvalue weighted by Gasteiger charge is -2.19. The van der Waals surface area contributed by atoms with Crippen molar-refractivity contribution in [3.05, 3.63) is 35.9 Å². The van der Waals surface area contributed by atoms with Gasteiger partial charge in [-0.05, 0) is 31.4 Å². The van der Waals surface area contributed by atoms with E-state index in [2.05, 4.69) is 35.2 Å². The summed E-state index contributed by atoms with van der Waals surface area (Å²) in [6, 6.07) is 10.6. The van der Waals surface area contributed by atoms with E-state index >= 15 is 0 Å². The van der Waals surface area contributed by atoms with Gasteiger partial charge in [-0.2, -0.15) is 0 Å². The highest BCUT2D eigenvalue weighted by Crippen LogP contribution is 2.13. The first kappa shape index (κ1) is 10.7. The molecule has 0 aliphatic carbocycles. The number of aliphatic hydroxyl groups excluding tert-OH is 1. The molecule has 15 heavy (non-hydrogen) atoms. The van der Waals surface area contributed by atoms with Crippen LogP contribution in [0.1, 0.15) is 24.8 Å². The van der Waals surface area contributed by atoms with Gasteiger partial charge in [-0.15, -0.1) is 0 Å². The fraction of sp³-hybridized carbons (Fsp3) is 0.538. The minimum atomic E-state index is -0.0780. The second-order valence-electron chi connectivity index (χ2n) is 4.35. The first-order valence-corrected chi connectivity index (χ1v) is 5.79. The average Bonchev–Trinajstić information content (AvgIpc) is 2.46. The van der Waals surface area contributed by atoms with Crippen LogP contribution in [0.3, 0.4) is 0 Å². The molecule has 1 aromatic rings. The molecule has 2 heteroatoms. The fourth-order valence-corrected chi connectivity index (χ4v) is 2.14. The van der Waals surface area contributed by atoms with Crippen LogP contribution in [-0.4, -0.2) is 29.2 Å². The van der Waals surface area contributed by atoms with E-state index in [9.17, 15) is 5.11 Å². The summed E-state index contributed by atoms with van der Waals surface area (Å²) in [5.74, 6) is 0. The molecule has 1 aromatic carbocycles. The predicted molar refractivity (Wildman–Crippen MR) is 61.6 cm³/mol. The van der Waals surface area contributed by atoms with Gasteiger partial charge in [0.1, 0.15) is 0 Å². The molecule has 0 spiro atoms. The van der Waals surface area contributed by atoms with Gasteiger partial charge in [0.15, 0.2) is 0 Å². The minimum absolute atomic E-state index is 0.0780. The molecule has 1 fully saturated rings. The molecule has 1 aliphatic rings. The molecule has 2 rings (SSSR count). The zero-order valence-corrected chi connectivity index (χ0v) is 9.10. The van der Waals surface area contributed by atoms with Crippen LogP contribution >= 0.6 is 0 Å². The van der Waals surface area contributed by atoms with E-state index in [1.807, 2.05) is 0 Å². The van der Waals surface area contributed by atoms with Gasteiger partial charge in [-0.1, -0.05) is 30.3 Å². The average molecular weight is 205 g/mol. The Bertz CT molecular complexity index is 286. The summed E-state index contributed by atoms with van der Waals surface area (Å²) >= 11 is 0. The molecule has 0 saturated carbocycles. The zero-order chi connectivity index (χ0) is 10.5. The summed E-state index contributed by atoms with van der Waals surface area (Å²) in [4.78, 5) is 2.44. The Balaban J connectivity index is 1.89. The van der Waals surface area contributed by atoms with Gasteiger partial charge in [0.05, 0.1) is 6.10 Å². The molecule has 1 heterocycles. The van der Waals surface area contributed by atoms with Gasteiger partial charge < -0.3 is 5.11 Å². The Morgan fingerprint density at radius 1 is 1.13 bits per heavy atom. The summed E-state index contributed by atoms with van der Waals surface area (Å²) in [6.07, 6.45) is 2.93. The SMILES string of the molecule is OC1CCCN(Cc2ccccc2)CC1. The maximum Gasteiger partial charge on any atom is 0.0553 e. The topological polar surface area (TPSA) is 23.5 Å². The van der Waals surface area contributed by atoms with Gasteiger partial charge in [-0.25, -0.2) is 0 Å². The Kier molecular flexibility index (Phi) is 3.75. The fourth-order valence-electron chi connectivity index (χ4n) is 2.14. The second-order valence-corrected chi connectivity index (χ2v) is 4.35. The molecule has 0 bridgehead atoms. The lowest BCUT2D eigenvalue weighted by molar-refractivity contribution is 0.154. The van der Waals surface area contributed by atoms with E-state index < -0.39 is 0 Å². The molecule has 82 valence electrons. The number of likely N-dealkylation sites (tertiary alicyclic amines) is 1. The highest BCUT2D eigenvalue weighted by molar-refractivity contribution is 5.14. The van der Waals surface area contributed by atoms with Crippen LogP contribution in [0, 0.1) is 0 Å². The van der Waals surface area contributed by atoms with E-state index in [1.54, 1.807) is 0 Å². The van der Waals surface area contributed by atoms with Crippen molar-refractivity contribution in [1.82, 2.24) is 4.90 Å². The van der Waals surface area contributed by atoms with Crippen LogP contribution in [0.25, 0.3) is 0 Å². The number of hydrogen-bond donors (Lipinski definition) is 1. The summed E-state index contributed by atoms with van der Waals surface area (Å²) in [5.41, 5.74) is 1.37. The van der Waals surface area contributed by atoms with Gasteiger partial charge in [-0.3, -0.25) is 4.90 Å². The summed E-state index contributed by atoms with van der Waals surface area (Å²) < 4.78 is 0. The van der Waals surface area contributed by atoms with Crippen molar-refractivity contribution in [2.45, 2.75) is 31.9 Å². The van der Waals surface area contributed by atoms with Crippen molar-refractivity contribution in [3.8, 4) is 0 Å². The third kappa shape index (κ3) is 3.33. The largest absolute Gasteiger partial charge is 0.393 e. The highest BCUT2D eigenvalue weighted by atomic mass is 16.3. The lowest BCUT2D eigenvalue weighted by atomic mass is 10.2. The van der Waals surface area contributed by atoms with Crippen LogP contribution in [0.2, 0.25) is 0 Å². The molecular weight excluding hydrogens is 186 g/mol. The summed E-state index contributed by atoms with van der Waals surface area (Å²) in [5, 5.41) is 9.55. The third-order valence-corrected chi connectivity index (χ3v) is 3.04. The first-order valence-electron chi connectivity index (χ1n) is 5.79. The zero-order valence-electron chi connectivity index (χ0n) is 9.10. The maximum atomic E-state index is 9.55. The summed E-state index contributed by atoms with van der Waals surface area (Å²) in [6.45, 7) is 3.16. The van der Waals surface area contributed by atoms with Gasteiger partial charge in [0.25, 0.3) is 0 Å². The molecule has 1 aliphatic heterocycles. The standard InChI is InChI=1S/C13H19NO/c15-13-7-4-9-14(10-8-13)11-12-5-2-1-3-6-12/h1-3,5-6,13,15H,4,7-11H2. The molecule has 1 N–H and O–H groups in total. The maximum absolute atomic E-state index is 9.55. The van der Waals surface area contributed by atoms with Crippen LogP contribution < -0.4 is 0 Å². The minimum Gasteiger partial charge on any atom is -0.393 e. The van der Waals surface area contributed by atoms with Crippen molar-refractivity contribution in [2.24, 2.45) is 0 Å². The molecule has 0 amide bonds.